The number of aryl methyl sites for hydroxylation is 1. The van der Waals surface area contributed by atoms with Gasteiger partial charge < -0.3 is 14.1 Å². The summed E-state index contributed by atoms with van der Waals surface area (Å²) in [5.74, 6) is 1.10. The van der Waals surface area contributed by atoms with Gasteiger partial charge in [0.2, 0.25) is 15.9 Å². The highest BCUT2D eigenvalue weighted by atomic mass is 79.9. The Hall–Kier alpha value is -2.46. The van der Waals surface area contributed by atoms with Crippen molar-refractivity contribution >= 4 is 31.9 Å². The van der Waals surface area contributed by atoms with E-state index in [1.807, 2.05) is 49.4 Å². The second-order valence-electron chi connectivity index (χ2n) is 8.63. The minimum absolute atomic E-state index is 0.128. The van der Waals surface area contributed by atoms with Crippen molar-refractivity contribution in [2.45, 2.75) is 43.9 Å². The maximum atomic E-state index is 13.6. The molecular formula is C26H29BrN2O5S. The quantitative estimate of drug-likeness (QED) is 0.357. The van der Waals surface area contributed by atoms with Crippen molar-refractivity contribution < 1.29 is 22.4 Å². The second-order valence-corrected chi connectivity index (χ2v) is 11.5. The highest BCUT2D eigenvalue weighted by molar-refractivity contribution is 9.10. The Labute approximate surface area is 214 Å². The third kappa shape index (κ3) is 6.82. The first-order chi connectivity index (χ1) is 16.8. The van der Waals surface area contributed by atoms with E-state index in [0.717, 1.165) is 28.6 Å². The Balaban J connectivity index is 1.59. The Bertz CT molecular complexity index is 1220. The van der Waals surface area contributed by atoms with Crippen LogP contribution in [0.2, 0.25) is 0 Å². The first-order valence-corrected chi connectivity index (χ1v) is 13.8. The highest BCUT2D eigenvalue weighted by Gasteiger charge is 2.32. The smallest absolute Gasteiger partial charge is 0.243 e. The molecule has 0 aliphatic carbocycles. The number of benzene rings is 2. The van der Waals surface area contributed by atoms with Gasteiger partial charge in [-0.3, -0.25) is 4.79 Å². The lowest BCUT2D eigenvalue weighted by Gasteiger charge is -2.28. The molecule has 0 spiro atoms. The fourth-order valence-corrected chi connectivity index (χ4v) is 5.75. The molecule has 0 radical (unpaired) electrons. The molecule has 3 aromatic rings. The normalized spacial score (nSPS) is 16.0. The molecule has 1 amide bonds. The van der Waals surface area contributed by atoms with Gasteiger partial charge >= 0.3 is 0 Å². The molecule has 1 atom stereocenters. The van der Waals surface area contributed by atoms with Crippen LogP contribution < -0.4 is 0 Å². The maximum absolute atomic E-state index is 13.6. The Morgan fingerprint density at radius 3 is 2.40 bits per heavy atom. The van der Waals surface area contributed by atoms with Gasteiger partial charge in [0, 0.05) is 24.2 Å². The molecule has 1 aromatic heterocycles. The third-order valence-electron chi connectivity index (χ3n) is 5.91. The molecule has 2 aromatic carbocycles. The van der Waals surface area contributed by atoms with Gasteiger partial charge in [-0.25, -0.2) is 8.42 Å². The maximum Gasteiger partial charge on any atom is 0.243 e. The standard InChI is InChI=1S/C26H29BrN2O5S/c1-20-9-12-24(34-20)17-28(16-21-6-3-2-4-7-21)26(30)19-29(18-23-8-5-15-33-23)35(31,32)25-13-10-22(27)11-14-25/h2-4,6-7,9-14,23H,5,8,15-19H2,1H3. The van der Waals surface area contributed by atoms with E-state index in [-0.39, 0.29) is 36.5 Å². The van der Waals surface area contributed by atoms with Crippen LogP contribution in [0.4, 0.5) is 0 Å². The summed E-state index contributed by atoms with van der Waals surface area (Å²) in [4.78, 5) is 15.4. The van der Waals surface area contributed by atoms with Gasteiger partial charge in [0.15, 0.2) is 0 Å². The van der Waals surface area contributed by atoms with E-state index in [4.69, 9.17) is 9.15 Å². The monoisotopic (exact) mass is 560 g/mol. The summed E-state index contributed by atoms with van der Waals surface area (Å²) in [6.45, 7) is 2.87. The fourth-order valence-electron chi connectivity index (χ4n) is 4.06. The molecule has 35 heavy (non-hydrogen) atoms. The summed E-state index contributed by atoms with van der Waals surface area (Å²) in [5.41, 5.74) is 0.950. The van der Waals surface area contributed by atoms with Crippen LogP contribution in [-0.2, 0) is 32.6 Å². The van der Waals surface area contributed by atoms with Gasteiger partial charge in [0.05, 0.1) is 24.1 Å². The molecule has 0 N–H and O–H groups in total. The molecule has 7 nitrogen and oxygen atoms in total. The number of carbonyl (C=O) groups is 1. The topological polar surface area (TPSA) is 80.1 Å². The minimum Gasteiger partial charge on any atom is -0.464 e. The number of halogens is 1. The molecule has 1 unspecified atom stereocenters. The molecule has 0 bridgehead atoms. The van der Waals surface area contributed by atoms with E-state index in [0.29, 0.717) is 18.9 Å². The molecule has 2 heterocycles. The van der Waals surface area contributed by atoms with Crippen molar-refractivity contribution in [3.05, 3.63) is 88.3 Å². The zero-order valence-electron chi connectivity index (χ0n) is 19.6. The summed E-state index contributed by atoms with van der Waals surface area (Å²) in [7, 11) is -3.91. The Kier molecular flexibility index (Phi) is 8.43. The van der Waals surface area contributed by atoms with Crippen LogP contribution in [0, 0.1) is 6.92 Å². The van der Waals surface area contributed by atoms with Gasteiger partial charge in [0.25, 0.3) is 0 Å². The Morgan fingerprint density at radius 1 is 1.03 bits per heavy atom. The summed E-state index contributed by atoms with van der Waals surface area (Å²) in [5, 5.41) is 0. The van der Waals surface area contributed by atoms with E-state index in [1.165, 1.54) is 4.31 Å². The van der Waals surface area contributed by atoms with Gasteiger partial charge in [-0.2, -0.15) is 4.31 Å². The van der Waals surface area contributed by atoms with E-state index in [9.17, 15) is 13.2 Å². The lowest BCUT2D eigenvalue weighted by Crippen LogP contribution is -2.45. The SMILES string of the molecule is Cc1ccc(CN(Cc2ccccc2)C(=O)CN(CC2CCCO2)S(=O)(=O)c2ccc(Br)cc2)o1. The first kappa shape index (κ1) is 25.6. The third-order valence-corrected chi connectivity index (χ3v) is 8.26. The number of nitrogens with zero attached hydrogens (tertiary/aromatic N) is 2. The van der Waals surface area contributed by atoms with Crippen LogP contribution in [0.25, 0.3) is 0 Å². The molecule has 9 heteroatoms. The van der Waals surface area contributed by atoms with Crippen molar-refractivity contribution in [1.29, 1.82) is 0 Å². The van der Waals surface area contributed by atoms with Gasteiger partial charge in [0.1, 0.15) is 11.5 Å². The van der Waals surface area contributed by atoms with Gasteiger partial charge in [-0.1, -0.05) is 46.3 Å². The minimum atomic E-state index is -3.91. The number of carbonyl (C=O) groups excluding carboxylic acids is 1. The second kappa shape index (κ2) is 11.5. The van der Waals surface area contributed by atoms with Crippen molar-refractivity contribution in [1.82, 2.24) is 9.21 Å². The number of furan rings is 1. The summed E-state index contributed by atoms with van der Waals surface area (Å²) in [6, 6.07) is 19.8. The first-order valence-electron chi connectivity index (χ1n) is 11.6. The number of ether oxygens (including phenoxy) is 1. The van der Waals surface area contributed by atoms with Crippen LogP contribution in [0.1, 0.15) is 29.9 Å². The molecule has 0 saturated carbocycles. The van der Waals surface area contributed by atoms with E-state index in [1.54, 1.807) is 29.2 Å². The lowest BCUT2D eigenvalue weighted by atomic mass is 10.2. The molecule has 1 aliphatic rings. The molecule has 1 fully saturated rings. The Morgan fingerprint density at radius 2 is 1.77 bits per heavy atom. The number of sulfonamides is 1. The number of hydrogen-bond donors (Lipinski definition) is 0. The van der Waals surface area contributed by atoms with Crippen LogP contribution >= 0.6 is 15.9 Å². The molecule has 1 aliphatic heterocycles. The fraction of sp³-hybridized carbons (Fsp3) is 0.346. The summed E-state index contributed by atoms with van der Waals surface area (Å²) in [6.07, 6.45) is 1.41. The predicted molar refractivity (Wildman–Crippen MR) is 136 cm³/mol. The summed E-state index contributed by atoms with van der Waals surface area (Å²) < 4.78 is 40.6. The molecular weight excluding hydrogens is 532 g/mol. The average molecular weight is 561 g/mol. The zero-order valence-corrected chi connectivity index (χ0v) is 22.0. The zero-order chi connectivity index (χ0) is 24.8. The van der Waals surface area contributed by atoms with E-state index in [2.05, 4.69) is 15.9 Å². The molecule has 1 saturated heterocycles. The highest BCUT2D eigenvalue weighted by Crippen LogP contribution is 2.23. The van der Waals surface area contributed by atoms with Crippen LogP contribution in [0.3, 0.4) is 0 Å². The van der Waals surface area contributed by atoms with Gasteiger partial charge in [-0.15, -0.1) is 0 Å². The molecule has 186 valence electrons. The van der Waals surface area contributed by atoms with Crippen molar-refractivity contribution in [2.24, 2.45) is 0 Å². The predicted octanol–water partition coefficient (Wildman–Crippen LogP) is 4.75. The van der Waals surface area contributed by atoms with Gasteiger partial charge in [-0.05, 0) is 61.7 Å². The van der Waals surface area contributed by atoms with Crippen LogP contribution in [-0.4, -0.2) is 49.3 Å². The number of amides is 1. The van der Waals surface area contributed by atoms with Crippen LogP contribution in [0.5, 0.6) is 0 Å². The van der Waals surface area contributed by atoms with Crippen molar-refractivity contribution in [3.63, 3.8) is 0 Å². The number of hydrogen-bond acceptors (Lipinski definition) is 5. The average Bonchev–Trinajstić information content (AvgIpc) is 3.50. The largest absolute Gasteiger partial charge is 0.464 e. The van der Waals surface area contributed by atoms with Crippen molar-refractivity contribution in [3.8, 4) is 0 Å². The van der Waals surface area contributed by atoms with E-state index < -0.39 is 10.0 Å². The van der Waals surface area contributed by atoms with Crippen molar-refractivity contribution in [2.75, 3.05) is 19.7 Å². The lowest BCUT2D eigenvalue weighted by molar-refractivity contribution is -0.133. The molecule has 4 rings (SSSR count). The number of rotatable bonds is 10. The van der Waals surface area contributed by atoms with Crippen LogP contribution in [0.15, 0.2) is 80.5 Å². The summed E-state index contributed by atoms with van der Waals surface area (Å²) >= 11 is 3.35. The van der Waals surface area contributed by atoms with E-state index >= 15 is 0 Å².